The minimum absolute atomic E-state index is 0.378. The number of benzene rings is 1. The number of pyridine rings is 1. The Morgan fingerprint density at radius 1 is 1.05 bits per heavy atom. The van der Waals surface area contributed by atoms with Gasteiger partial charge in [-0.05, 0) is 24.3 Å². The van der Waals surface area contributed by atoms with Gasteiger partial charge in [-0.25, -0.2) is 13.8 Å². The number of nitrogens with zero attached hydrogens (tertiary/aromatic N) is 1. The predicted octanol–water partition coefficient (Wildman–Crippen LogP) is 4.70. The van der Waals surface area contributed by atoms with Crippen molar-refractivity contribution in [3.63, 3.8) is 0 Å². The van der Waals surface area contributed by atoms with Crippen molar-refractivity contribution < 1.29 is 22.0 Å². The maximum Gasteiger partial charge on any atom is 0.416 e. The standard InChI is InChI=1S/C12H5ClF5N/c13-10-5-6(12(16,17)18)4-9(19-10)7-2-1-3-8(14)11(7)15/h1-5H. The molecule has 0 aliphatic carbocycles. The molecule has 0 spiro atoms. The van der Waals surface area contributed by atoms with E-state index in [9.17, 15) is 22.0 Å². The second-order valence-electron chi connectivity index (χ2n) is 3.66. The van der Waals surface area contributed by atoms with Crippen molar-refractivity contribution in [1.82, 2.24) is 4.98 Å². The van der Waals surface area contributed by atoms with E-state index in [4.69, 9.17) is 11.6 Å². The maximum atomic E-state index is 13.5. The van der Waals surface area contributed by atoms with Gasteiger partial charge in [-0.3, -0.25) is 0 Å². The van der Waals surface area contributed by atoms with Gasteiger partial charge in [-0.2, -0.15) is 13.2 Å². The van der Waals surface area contributed by atoms with Crippen LogP contribution in [0.5, 0.6) is 0 Å². The summed E-state index contributed by atoms with van der Waals surface area (Å²) in [6.07, 6.45) is -4.65. The first-order chi connectivity index (χ1) is 8.79. The third-order valence-electron chi connectivity index (χ3n) is 2.35. The summed E-state index contributed by atoms with van der Waals surface area (Å²) in [5.74, 6) is -2.45. The van der Waals surface area contributed by atoms with Crippen molar-refractivity contribution in [1.29, 1.82) is 0 Å². The Morgan fingerprint density at radius 3 is 2.37 bits per heavy atom. The third-order valence-corrected chi connectivity index (χ3v) is 2.54. The lowest BCUT2D eigenvalue weighted by Crippen LogP contribution is -2.06. The summed E-state index contributed by atoms with van der Waals surface area (Å²) in [7, 11) is 0. The van der Waals surface area contributed by atoms with Crippen LogP contribution in [0.2, 0.25) is 5.15 Å². The molecule has 1 aromatic carbocycles. The lowest BCUT2D eigenvalue weighted by molar-refractivity contribution is -0.137. The third kappa shape index (κ3) is 2.84. The molecular weight excluding hydrogens is 289 g/mol. The average Bonchev–Trinajstić information content (AvgIpc) is 2.31. The summed E-state index contributed by atoms with van der Waals surface area (Å²) in [6, 6.07) is 4.38. The molecule has 1 aromatic heterocycles. The zero-order chi connectivity index (χ0) is 14.2. The van der Waals surface area contributed by atoms with Crippen LogP contribution in [-0.4, -0.2) is 4.98 Å². The van der Waals surface area contributed by atoms with Crippen LogP contribution in [0.4, 0.5) is 22.0 Å². The molecule has 0 N–H and O–H groups in total. The van der Waals surface area contributed by atoms with Crippen LogP contribution in [0, 0.1) is 11.6 Å². The molecule has 0 radical (unpaired) electrons. The topological polar surface area (TPSA) is 12.9 Å². The lowest BCUT2D eigenvalue weighted by Gasteiger charge is -2.10. The van der Waals surface area contributed by atoms with Crippen LogP contribution in [0.3, 0.4) is 0 Å². The second-order valence-corrected chi connectivity index (χ2v) is 4.05. The minimum Gasteiger partial charge on any atom is -0.236 e. The summed E-state index contributed by atoms with van der Waals surface area (Å²) in [6.45, 7) is 0. The molecule has 0 bridgehead atoms. The summed E-state index contributed by atoms with van der Waals surface area (Å²) >= 11 is 5.47. The lowest BCUT2D eigenvalue weighted by atomic mass is 10.1. The Hall–Kier alpha value is -1.69. The number of rotatable bonds is 1. The first kappa shape index (κ1) is 13.7. The van der Waals surface area contributed by atoms with Gasteiger partial charge < -0.3 is 0 Å². The summed E-state index contributed by atoms with van der Waals surface area (Å²) in [4.78, 5) is 3.58. The summed E-state index contributed by atoms with van der Waals surface area (Å²) in [5.41, 5.74) is -1.84. The molecule has 2 rings (SSSR count). The molecule has 0 atom stereocenters. The van der Waals surface area contributed by atoms with Crippen LogP contribution < -0.4 is 0 Å². The smallest absolute Gasteiger partial charge is 0.236 e. The van der Waals surface area contributed by atoms with E-state index < -0.39 is 28.5 Å². The Morgan fingerprint density at radius 2 is 1.74 bits per heavy atom. The number of aromatic nitrogens is 1. The number of halogens is 6. The largest absolute Gasteiger partial charge is 0.416 e. The Kier molecular flexibility index (Phi) is 3.45. The molecule has 0 aliphatic heterocycles. The molecule has 2 aromatic rings. The van der Waals surface area contributed by atoms with E-state index in [0.29, 0.717) is 12.1 Å². The second kappa shape index (κ2) is 4.77. The van der Waals surface area contributed by atoms with Gasteiger partial charge in [0.15, 0.2) is 11.6 Å². The van der Waals surface area contributed by atoms with Crippen LogP contribution in [0.15, 0.2) is 30.3 Å². The average molecular weight is 294 g/mol. The zero-order valence-corrected chi connectivity index (χ0v) is 9.86. The highest BCUT2D eigenvalue weighted by molar-refractivity contribution is 6.29. The van der Waals surface area contributed by atoms with E-state index in [-0.39, 0.29) is 11.3 Å². The highest BCUT2D eigenvalue weighted by Crippen LogP contribution is 2.34. The molecule has 0 amide bonds. The highest BCUT2D eigenvalue weighted by atomic mass is 35.5. The molecule has 1 nitrogen and oxygen atoms in total. The highest BCUT2D eigenvalue weighted by Gasteiger charge is 2.32. The van der Waals surface area contributed by atoms with Gasteiger partial charge in [-0.1, -0.05) is 17.7 Å². The van der Waals surface area contributed by atoms with Crippen molar-refractivity contribution in [2.75, 3.05) is 0 Å². The molecular formula is C12H5ClF5N. The van der Waals surface area contributed by atoms with Crippen LogP contribution in [0.1, 0.15) is 5.56 Å². The summed E-state index contributed by atoms with van der Waals surface area (Å²) < 4.78 is 64.3. The fraction of sp³-hybridized carbons (Fsp3) is 0.0833. The maximum absolute atomic E-state index is 13.5. The van der Waals surface area contributed by atoms with Crippen LogP contribution >= 0.6 is 11.6 Å². The Bertz CT molecular complexity index is 624. The number of alkyl halides is 3. The van der Waals surface area contributed by atoms with Gasteiger partial charge in [-0.15, -0.1) is 0 Å². The molecule has 19 heavy (non-hydrogen) atoms. The van der Waals surface area contributed by atoms with E-state index in [2.05, 4.69) is 4.98 Å². The van der Waals surface area contributed by atoms with Crippen molar-refractivity contribution in [3.8, 4) is 11.3 Å². The molecule has 1 heterocycles. The molecule has 100 valence electrons. The van der Waals surface area contributed by atoms with Crippen molar-refractivity contribution in [2.24, 2.45) is 0 Å². The molecule has 0 aliphatic rings. The first-order valence-corrected chi connectivity index (χ1v) is 5.36. The first-order valence-electron chi connectivity index (χ1n) is 4.98. The predicted molar refractivity (Wildman–Crippen MR) is 59.6 cm³/mol. The van der Waals surface area contributed by atoms with Crippen LogP contribution in [-0.2, 0) is 6.18 Å². The molecule has 0 saturated heterocycles. The van der Waals surface area contributed by atoms with Crippen molar-refractivity contribution in [2.45, 2.75) is 6.18 Å². The van der Waals surface area contributed by atoms with E-state index in [0.717, 1.165) is 12.1 Å². The van der Waals surface area contributed by atoms with Gasteiger partial charge in [0.05, 0.1) is 11.3 Å². The Labute approximate surface area is 109 Å². The quantitative estimate of drug-likeness (QED) is 0.548. The molecule has 0 fully saturated rings. The van der Waals surface area contributed by atoms with Crippen molar-refractivity contribution >= 4 is 11.6 Å². The van der Waals surface area contributed by atoms with Gasteiger partial charge in [0.2, 0.25) is 0 Å². The normalized spacial score (nSPS) is 11.7. The summed E-state index contributed by atoms with van der Waals surface area (Å²) in [5, 5.41) is -0.450. The van der Waals surface area contributed by atoms with Gasteiger partial charge in [0, 0.05) is 5.56 Å². The van der Waals surface area contributed by atoms with Gasteiger partial charge in [0.1, 0.15) is 5.15 Å². The van der Waals surface area contributed by atoms with E-state index in [1.165, 1.54) is 6.07 Å². The minimum atomic E-state index is -4.65. The fourth-order valence-corrected chi connectivity index (χ4v) is 1.71. The van der Waals surface area contributed by atoms with E-state index in [1.54, 1.807) is 0 Å². The monoisotopic (exact) mass is 293 g/mol. The SMILES string of the molecule is Fc1cccc(-c2cc(C(F)(F)F)cc(Cl)n2)c1F. The number of hydrogen-bond acceptors (Lipinski definition) is 1. The van der Waals surface area contributed by atoms with E-state index >= 15 is 0 Å². The van der Waals surface area contributed by atoms with Crippen molar-refractivity contribution in [3.05, 3.63) is 52.7 Å². The molecule has 0 unspecified atom stereocenters. The van der Waals surface area contributed by atoms with Gasteiger partial charge >= 0.3 is 6.18 Å². The zero-order valence-electron chi connectivity index (χ0n) is 9.10. The fourth-order valence-electron chi connectivity index (χ4n) is 1.50. The Balaban J connectivity index is 2.63. The molecule has 7 heteroatoms. The van der Waals surface area contributed by atoms with Crippen LogP contribution in [0.25, 0.3) is 11.3 Å². The molecule has 0 saturated carbocycles. The van der Waals surface area contributed by atoms with Gasteiger partial charge in [0.25, 0.3) is 0 Å². The van der Waals surface area contributed by atoms with E-state index in [1.807, 2.05) is 0 Å². The number of hydrogen-bond donors (Lipinski definition) is 0.